The molecule has 0 aliphatic rings. The molecule has 0 radical (unpaired) electrons. The fraction of sp³-hybridized carbons (Fsp3) is 0.290. The Kier molecular flexibility index (Phi) is 34.9. The van der Waals surface area contributed by atoms with Gasteiger partial charge in [-0.3, -0.25) is 43.2 Å². The zero-order valence-corrected chi connectivity index (χ0v) is 76.0. The van der Waals surface area contributed by atoms with Crippen molar-refractivity contribution >= 4 is 114 Å². The second-order valence-electron chi connectivity index (χ2n) is 34.2. The number of esters is 1. The minimum absolute atomic E-state index is 0.0750. The summed E-state index contributed by atoms with van der Waals surface area (Å²) in [7, 11) is 1.12. The Labute approximate surface area is 760 Å². The molecule has 31 nitrogen and oxygen atoms in total. The molecule has 0 saturated carbocycles. The quantitative estimate of drug-likeness (QED) is 0.0124. The highest BCUT2D eigenvalue weighted by atomic mass is 16.6. The van der Waals surface area contributed by atoms with E-state index in [0.29, 0.717) is 32.1 Å². The minimum atomic E-state index is -2.59. The van der Waals surface area contributed by atoms with Crippen molar-refractivity contribution in [3.8, 4) is 0 Å². The van der Waals surface area contributed by atoms with Gasteiger partial charge in [-0.05, 0) is 171 Å². The molecular weight excluding hydrogens is 1680 g/mol. The smallest absolute Gasteiger partial charge is 0.421 e. The Hall–Kier alpha value is -15.4. The summed E-state index contributed by atoms with van der Waals surface area (Å²) in [5.74, 6) is -13.2. The van der Waals surface area contributed by atoms with Gasteiger partial charge in [-0.15, -0.1) is 0 Å². The maximum absolute atomic E-state index is 16.4. The minimum Gasteiger partial charge on any atom is -0.467 e. The number of benzene rings is 8. The molecule has 0 saturated heterocycles. The number of carbonyl (C=O) groups excluding carboxylic acids is 15. The molecule has 8 rings (SSSR count). The number of methoxy groups -OCH3 is 1. The Bertz CT molecular complexity index is 5560. The van der Waals surface area contributed by atoms with Crippen LogP contribution in [0.5, 0.6) is 0 Å². The van der Waals surface area contributed by atoms with Crippen molar-refractivity contribution in [2.24, 2.45) is 5.92 Å². The van der Waals surface area contributed by atoms with Crippen LogP contribution in [0.3, 0.4) is 0 Å². The second kappa shape index (κ2) is 45.3. The number of ether oxygens (including phenoxy) is 6. The summed E-state index contributed by atoms with van der Waals surface area (Å²) >= 11 is 0. The van der Waals surface area contributed by atoms with E-state index < -0.39 is 178 Å². The molecule has 0 unspecified atom stereocenters. The molecular formula is C100H110N10O21. The van der Waals surface area contributed by atoms with Gasteiger partial charge in [-0.2, -0.15) is 0 Å². The van der Waals surface area contributed by atoms with Crippen molar-refractivity contribution in [1.29, 1.82) is 0 Å². The molecule has 0 aliphatic heterocycles. The topological polar surface area (TPSA) is 397 Å². The van der Waals surface area contributed by atoms with E-state index >= 15 is 52.7 Å². The summed E-state index contributed by atoms with van der Waals surface area (Å²) in [6.45, 7) is 17.9. The van der Waals surface area contributed by atoms with Crippen LogP contribution in [-0.4, -0.2) is 156 Å². The average molecular weight is 1790 g/mol. The Balaban J connectivity index is 1.26. The highest BCUT2D eigenvalue weighted by Gasteiger charge is 2.50. The van der Waals surface area contributed by atoms with Gasteiger partial charge in [0, 0.05) is 0 Å². The van der Waals surface area contributed by atoms with E-state index in [2.05, 4.69) is 31.9 Å². The third-order valence-corrected chi connectivity index (χ3v) is 19.4. The first-order valence-corrected chi connectivity index (χ1v) is 41.8. The molecule has 0 heterocycles. The lowest BCUT2D eigenvalue weighted by atomic mass is 9.99. The van der Waals surface area contributed by atoms with Gasteiger partial charge in [-0.1, -0.05) is 257 Å². The van der Waals surface area contributed by atoms with Gasteiger partial charge in [-0.25, -0.2) is 48.4 Å². The first-order valence-electron chi connectivity index (χ1n) is 41.8. The van der Waals surface area contributed by atoms with E-state index in [1.54, 1.807) is 217 Å². The Morgan fingerprint density at radius 3 is 0.763 bits per heavy atom. The van der Waals surface area contributed by atoms with Crippen molar-refractivity contribution in [2.45, 2.75) is 176 Å². The SMILES string of the molecule is COC(=O)C(C)(C)NC(=O)[C@H](CC(C)C)NC(=O)/C(=C\c1ccccc1)N(C(=O)OCc1ccccc1)C(=O)C(C)(C)NC(=O)/C(=C\c1ccccc1)N(C(=O)OCc1ccccc1)C(=O)C(C)(C)NC(=O)/C(=C\c1ccccc1)N(C(=O)OCc1ccccc1)C(=O)C(C)(C)NC(=O)/C(=C\c1ccccc1)N(C(=O)OCc1ccccc1)C(=O)C(C)(C)NC(=O)OC(C)(C)C. The number of nitrogens with zero attached hydrogens (tertiary/aromatic N) is 4. The van der Waals surface area contributed by atoms with Crippen LogP contribution in [0, 0.1) is 5.92 Å². The van der Waals surface area contributed by atoms with Gasteiger partial charge in [0.15, 0.2) is 0 Å². The third-order valence-electron chi connectivity index (χ3n) is 19.4. The molecule has 686 valence electrons. The molecule has 0 fully saturated rings. The molecule has 31 heteroatoms. The van der Waals surface area contributed by atoms with Gasteiger partial charge < -0.3 is 60.3 Å². The number of alkyl carbamates (subject to hydrolysis) is 1. The number of imide groups is 4. The molecule has 131 heavy (non-hydrogen) atoms. The molecule has 14 amide bonds. The largest absolute Gasteiger partial charge is 0.467 e. The zero-order valence-electron chi connectivity index (χ0n) is 76.0. The van der Waals surface area contributed by atoms with Gasteiger partial charge in [0.2, 0.25) is 5.91 Å². The lowest BCUT2D eigenvalue weighted by molar-refractivity contribution is -0.149. The fourth-order valence-corrected chi connectivity index (χ4v) is 12.6. The molecule has 0 aromatic heterocycles. The van der Waals surface area contributed by atoms with E-state index in [4.69, 9.17) is 28.4 Å². The number of rotatable bonds is 34. The maximum atomic E-state index is 16.4. The molecule has 8 aromatic rings. The van der Waals surface area contributed by atoms with E-state index in [9.17, 15) is 19.2 Å². The van der Waals surface area contributed by atoms with Gasteiger partial charge in [0.05, 0.1) is 7.11 Å². The van der Waals surface area contributed by atoms with Crippen LogP contribution >= 0.6 is 0 Å². The van der Waals surface area contributed by atoms with Crippen LogP contribution in [0.25, 0.3) is 24.3 Å². The number of nitrogens with one attached hydrogen (secondary N) is 6. The molecule has 0 spiro atoms. The van der Waals surface area contributed by atoms with Crippen LogP contribution in [0.4, 0.5) is 24.0 Å². The zero-order chi connectivity index (χ0) is 96.2. The first kappa shape index (κ1) is 101. The highest BCUT2D eigenvalue weighted by Crippen LogP contribution is 2.30. The highest BCUT2D eigenvalue weighted by molar-refractivity contribution is 6.17. The third kappa shape index (κ3) is 29.3. The van der Waals surface area contributed by atoms with Crippen molar-refractivity contribution in [3.63, 3.8) is 0 Å². The van der Waals surface area contributed by atoms with Crippen LogP contribution < -0.4 is 31.9 Å². The fourth-order valence-electron chi connectivity index (χ4n) is 12.6. The van der Waals surface area contributed by atoms with Crippen molar-refractivity contribution in [1.82, 2.24) is 51.5 Å². The van der Waals surface area contributed by atoms with Crippen molar-refractivity contribution in [3.05, 3.63) is 310 Å². The van der Waals surface area contributed by atoms with E-state index in [1.165, 1.54) is 88.4 Å². The van der Waals surface area contributed by atoms with Crippen LogP contribution in [0.1, 0.15) is 155 Å². The molecule has 1 atom stereocenters. The number of carbonyl (C=O) groups is 15. The van der Waals surface area contributed by atoms with E-state index in [0.717, 1.165) is 73.0 Å². The van der Waals surface area contributed by atoms with Crippen molar-refractivity contribution in [2.75, 3.05) is 7.11 Å². The first-order chi connectivity index (χ1) is 61.8. The van der Waals surface area contributed by atoms with E-state index in [1.807, 2.05) is 0 Å². The van der Waals surface area contributed by atoms with Gasteiger partial charge >= 0.3 is 36.4 Å². The predicted molar refractivity (Wildman–Crippen MR) is 487 cm³/mol. The maximum Gasteiger partial charge on any atom is 0.421 e. The summed E-state index contributed by atoms with van der Waals surface area (Å²) < 4.78 is 33.8. The predicted octanol–water partition coefficient (Wildman–Crippen LogP) is 14.4. The summed E-state index contributed by atoms with van der Waals surface area (Å²) in [5, 5.41) is 15.4. The van der Waals surface area contributed by atoms with Gasteiger partial charge in [0.1, 0.15) is 88.6 Å². The summed E-state index contributed by atoms with van der Waals surface area (Å²) in [6.07, 6.45) is -2.94. The average Bonchev–Trinajstić information content (AvgIpc) is 0.775. The molecule has 8 aromatic carbocycles. The Morgan fingerprint density at radius 2 is 0.534 bits per heavy atom. The monoisotopic (exact) mass is 1790 g/mol. The lowest BCUT2D eigenvalue weighted by Gasteiger charge is -2.36. The second-order valence-corrected chi connectivity index (χ2v) is 34.2. The summed E-state index contributed by atoms with van der Waals surface area (Å²) in [5.41, 5.74) is -13.7. The standard InChI is InChI=1S/C100H110N10O21/c1-66(2)57-75(80(111)102-100(14,15)89(120)126-16)101-81(112)76(58-67-41-25-17-26-42-67)107(91(122)127-62-71-49-33-21-34-50-71)85(116)96(6,7)103-82(113)77(59-68-43-27-18-28-44-68)108(92(123)128-63-72-51-35-22-36-52-72)86(117)97(8,9)104-83(114)78(60-69-45-29-19-30-46-69)109(93(124)129-64-73-53-37-23-38-54-73)87(118)98(10,11)105-84(115)79(61-70-47-31-20-32-48-70)110(94(125)130-65-74-55-39-24-40-56-74)88(119)99(12,13)106-90(121)131-95(3,4)5/h17-56,58-61,66,75H,57,62-65H2,1-16H3,(H,101,112)(H,102,111)(H,103,113)(H,104,114)(H,105,115)(H,106,121)/b76-58+,77-59+,78-60+,79-61+/t75-/m0/s1. The Morgan fingerprint density at radius 1 is 0.305 bits per heavy atom. The normalized spacial score (nSPS) is 12.3. The number of amides is 14. The molecule has 0 bridgehead atoms. The summed E-state index contributed by atoms with van der Waals surface area (Å²) in [4.78, 5) is 231. The molecule has 6 N–H and O–H groups in total. The summed E-state index contributed by atoms with van der Waals surface area (Å²) in [6, 6.07) is 62.2. The van der Waals surface area contributed by atoms with E-state index in [-0.39, 0.29) is 44.4 Å². The number of hydrogen-bond acceptors (Lipinski definition) is 21. The van der Waals surface area contributed by atoms with Crippen LogP contribution in [0.2, 0.25) is 0 Å². The van der Waals surface area contributed by atoms with Crippen molar-refractivity contribution < 1.29 is 100 Å². The molecule has 0 aliphatic carbocycles. The lowest BCUT2D eigenvalue weighted by Crippen LogP contribution is -2.63. The number of hydrogen-bond donors (Lipinski definition) is 6. The van der Waals surface area contributed by atoms with Crippen LogP contribution in [0.15, 0.2) is 265 Å². The van der Waals surface area contributed by atoms with Gasteiger partial charge in [0.25, 0.3) is 47.3 Å². The van der Waals surface area contributed by atoms with Crippen LogP contribution in [-0.2, 0) is 103 Å².